The van der Waals surface area contributed by atoms with Crippen LogP contribution in [0.1, 0.15) is 16.8 Å². The molecule has 0 unspecified atom stereocenters. The van der Waals surface area contributed by atoms with Crippen molar-refractivity contribution in [1.82, 2.24) is 9.71 Å². The molecule has 10 heteroatoms. The van der Waals surface area contributed by atoms with Gasteiger partial charge in [-0.1, -0.05) is 11.6 Å². The van der Waals surface area contributed by atoms with Gasteiger partial charge in [-0.05, 0) is 29.8 Å². The van der Waals surface area contributed by atoms with E-state index in [4.69, 9.17) is 16.3 Å². The van der Waals surface area contributed by atoms with E-state index in [-0.39, 0.29) is 22.2 Å². The average molecular weight is 393 g/mol. The molecule has 1 N–H and O–H groups in total. The van der Waals surface area contributed by atoms with Crippen LogP contribution in [0.2, 0.25) is 5.02 Å². The maximum atomic E-state index is 12.6. The van der Waals surface area contributed by atoms with Crippen LogP contribution in [0.3, 0.4) is 0 Å². The Hall–Kier alpha value is -1.84. The van der Waals surface area contributed by atoms with Crippen molar-refractivity contribution in [2.24, 2.45) is 0 Å². The Bertz CT molecular complexity index is 917. The Balaban J connectivity index is 1.76. The second-order valence-corrected chi connectivity index (χ2v) is 7.52. The molecule has 0 saturated carbocycles. The highest BCUT2D eigenvalue weighted by Crippen LogP contribution is 2.31. The lowest BCUT2D eigenvalue weighted by Gasteiger charge is -2.11. The van der Waals surface area contributed by atoms with Crippen LogP contribution in [0.5, 0.6) is 5.75 Å². The smallest absolute Gasteiger partial charge is 0.417 e. The van der Waals surface area contributed by atoms with Crippen molar-refractivity contribution in [2.45, 2.75) is 24.0 Å². The number of pyridine rings is 1. The van der Waals surface area contributed by atoms with E-state index in [1.807, 2.05) is 0 Å². The molecule has 1 aliphatic rings. The van der Waals surface area contributed by atoms with Gasteiger partial charge in [-0.25, -0.2) is 13.1 Å². The van der Waals surface area contributed by atoms with E-state index in [1.165, 1.54) is 12.1 Å². The van der Waals surface area contributed by atoms with E-state index < -0.39 is 21.8 Å². The first-order valence-electron chi connectivity index (χ1n) is 7.14. The maximum Gasteiger partial charge on any atom is 0.417 e. The van der Waals surface area contributed by atoms with Crippen molar-refractivity contribution in [2.75, 3.05) is 6.61 Å². The van der Waals surface area contributed by atoms with Gasteiger partial charge in [0.25, 0.3) is 0 Å². The molecule has 1 aromatic carbocycles. The van der Waals surface area contributed by atoms with Crippen molar-refractivity contribution in [3.8, 4) is 5.75 Å². The number of sulfonamides is 1. The molecule has 25 heavy (non-hydrogen) atoms. The zero-order valence-corrected chi connectivity index (χ0v) is 14.2. The Morgan fingerprint density at radius 3 is 2.72 bits per heavy atom. The minimum atomic E-state index is -4.57. The van der Waals surface area contributed by atoms with Gasteiger partial charge >= 0.3 is 6.18 Å². The second kappa shape index (κ2) is 6.47. The predicted molar refractivity (Wildman–Crippen MR) is 83.9 cm³/mol. The molecule has 1 aromatic heterocycles. The SMILES string of the molecule is O=S(=O)(NCc1ncc(C(F)(F)F)cc1Cl)c1ccc2c(c1)CCO2. The molecule has 0 bridgehead atoms. The van der Waals surface area contributed by atoms with Gasteiger partial charge in [0.1, 0.15) is 5.75 Å². The van der Waals surface area contributed by atoms with Gasteiger partial charge in [0.2, 0.25) is 10.0 Å². The third-order valence-electron chi connectivity index (χ3n) is 3.65. The maximum absolute atomic E-state index is 12.6. The minimum absolute atomic E-state index is 0.00253. The van der Waals surface area contributed by atoms with Crippen LogP contribution >= 0.6 is 11.6 Å². The number of nitrogens with one attached hydrogen (secondary N) is 1. The van der Waals surface area contributed by atoms with E-state index in [0.29, 0.717) is 31.0 Å². The summed E-state index contributed by atoms with van der Waals surface area (Å²) in [6.07, 6.45) is -3.34. The van der Waals surface area contributed by atoms with Gasteiger partial charge in [-0.3, -0.25) is 4.98 Å². The minimum Gasteiger partial charge on any atom is -0.493 e. The lowest BCUT2D eigenvalue weighted by molar-refractivity contribution is -0.137. The molecule has 0 amide bonds. The number of aromatic nitrogens is 1. The number of ether oxygens (including phenoxy) is 1. The van der Waals surface area contributed by atoms with Crippen LogP contribution in [0.25, 0.3) is 0 Å². The quantitative estimate of drug-likeness (QED) is 0.867. The number of fused-ring (bicyclic) bond motifs is 1. The van der Waals surface area contributed by atoms with Crippen LogP contribution in [0, 0.1) is 0 Å². The molecule has 1 aliphatic heterocycles. The number of alkyl halides is 3. The van der Waals surface area contributed by atoms with Crippen molar-refractivity contribution < 1.29 is 26.3 Å². The van der Waals surface area contributed by atoms with Gasteiger partial charge in [-0.2, -0.15) is 13.2 Å². The highest BCUT2D eigenvalue weighted by Gasteiger charge is 2.31. The summed E-state index contributed by atoms with van der Waals surface area (Å²) in [5.41, 5.74) is -0.209. The van der Waals surface area contributed by atoms with Gasteiger partial charge in [-0.15, -0.1) is 0 Å². The summed E-state index contributed by atoms with van der Waals surface area (Å²) in [6, 6.07) is 5.19. The molecule has 0 fully saturated rings. The number of benzene rings is 1. The molecule has 2 heterocycles. The monoisotopic (exact) mass is 392 g/mol. The Kier molecular flexibility index (Phi) is 4.65. The van der Waals surface area contributed by atoms with Gasteiger partial charge in [0.15, 0.2) is 0 Å². The molecule has 0 radical (unpaired) electrons. The molecule has 0 spiro atoms. The number of hydrogen-bond donors (Lipinski definition) is 1. The van der Waals surface area contributed by atoms with E-state index in [0.717, 1.165) is 5.56 Å². The van der Waals surface area contributed by atoms with Gasteiger partial charge < -0.3 is 4.74 Å². The summed E-state index contributed by atoms with van der Waals surface area (Å²) < 4.78 is 70.0. The Morgan fingerprint density at radius 1 is 1.28 bits per heavy atom. The summed E-state index contributed by atoms with van der Waals surface area (Å²) in [5, 5.41) is -0.264. The number of hydrogen-bond acceptors (Lipinski definition) is 4. The lowest BCUT2D eigenvalue weighted by atomic mass is 10.2. The molecular weight excluding hydrogens is 381 g/mol. The summed E-state index contributed by atoms with van der Waals surface area (Å²) >= 11 is 5.77. The van der Waals surface area contributed by atoms with Crippen molar-refractivity contribution in [1.29, 1.82) is 0 Å². The van der Waals surface area contributed by atoms with Crippen LogP contribution < -0.4 is 9.46 Å². The van der Waals surface area contributed by atoms with E-state index >= 15 is 0 Å². The molecule has 0 atom stereocenters. The van der Waals surface area contributed by atoms with Gasteiger partial charge in [0.05, 0.1) is 34.3 Å². The van der Waals surface area contributed by atoms with Crippen molar-refractivity contribution in [3.05, 3.63) is 52.3 Å². The van der Waals surface area contributed by atoms with E-state index in [2.05, 4.69) is 9.71 Å². The first-order chi connectivity index (χ1) is 11.7. The van der Waals surface area contributed by atoms with Crippen LogP contribution in [0.4, 0.5) is 13.2 Å². The molecule has 0 saturated heterocycles. The fraction of sp³-hybridized carbons (Fsp3) is 0.267. The third kappa shape index (κ3) is 3.88. The molecule has 5 nitrogen and oxygen atoms in total. The fourth-order valence-corrected chi connectivity index (χ4v) is 3.60. The first-order valence-corrected chi connectivity index (χ1v) is 9.00. The normalized spacial score (nSPS) is 14.2. The van der Waals surface area contributed by atoms with Crippen molar-refractivity contribution >= 4 is 21.6 Å². The molecule has 2 aromatic rings. The molecule has 0 aliphatic carbocycles. The lowest BCUT2D eigenvalue weighted by Crippen LogP contribution is -2.24. The zero-order chi connectivity index (χ0) is 18.2. The standard InChI is InChI=1S/C15H12ClF3N2O3S/c16-12-6-10(15(17,18)19)7-20-13(12)8-21-25(22,23)11-1-2-14-9(5-11)3-4-24-14/h1-2,5-7,21H,3-4,8H2. The largest absolute Gasteiger partial charge is 0.493 e. The second-order valence-electron chi connectivity index (χ2n) is 5.34. The van der Waals surface area contributed by atoms with Crippen LogP contribution in [-0.4, -0.2) is 20.0 Å². The Morgan fingerprint density at radius 2 is 2.04 bits per heavy atom. The highest BCUT2D eigenvalue weighted by molar-refractivity contribution is 7.89. The Labute approximate surface area is 146 Å². The molecule has 134 valence electrons. The number of nitrogens with zero attached hydrogens (tertiary/aromatic N) is 1. The van der Waals surface area contributed by atoms with E-state index in [9.17, 15) is 21.6 Å². The van der Waals surface area contributed by atoms with Crippen molar-refractivity contribution in [3.63, 3.8) is 0 Å². The molecule has 3 rings (SSSR count). The van der Waals surface area contributed by atoms with Gasteiger partial charge in [0, 0.05) is 12.6 Å². The highest BCUT2D eigenvalue weighted by atomic mass is 35.5. The summed E-state index contributed by atoms with van der Waals surface area (Å²) in [5.74, 6) is 0.645. The zero-order valence-electron chi connectivity index (χ0n) is 12.6. The topological polar surface area (TPSA) is 68.3 Å². The van der Waals surface area contributed by atoms with Crippen LogP contribution in [-0.2, 0) is 29.2 Å². The summed E-state index contributed by atoms with van der Waals surface area (Å²) in [4.78, 5) is 3.64. The third-order valence-corrected chi connectivity index (χ3v) is 5.37. The number of halogens is 4. The number of rotatable bonds is 4. The fourth-order valence-electron chi connectivity index (χ4n) is 2.33. The first kappa shape index (κ1) is 18.0. The molecular formula is C15H12ClF3N2O3S. The predicted octanol–water partition coefficient (Wildman–Crippen LogP) is 3.17. The average Bonchev–Trinajstić information content (AvgIpc) is 3.00. The summed E-state index contributed by atoms with van der Waals surface area (Å²) in [6.45, 7) is 0.171. The van der Waals surface area contributed by atoms with Crippen LogP contribution in [0.15, 0.2) is 35.4 Å². The summed E-state index contributed by atoms with van der Waals surface area (Å²) in [7, 11) is -3.86. The van der Waals surface area contributed by atoms with E-state index in [1.54, 1.807) is 6.07 Å².